The first kappa shape index (κ1) is 18.8. The third-order valence-electron chi connectivity index (χ3n) is 5.02. The van der Waals surface area contributed by atoms with Crippen molar-refractivity contribution in [3.63, 3.8) is 0 Å². The van der Waals surface area contributed by atoms with E-state index in [1.807, 2.05) is 12.1 Å². The predicted octanol–water partition coefficient (Wildman–Crippen LogP) is 2.44. The van der Waals surface area contributed by atoms with E-state index in [9.17, 15) is 13.2 Å². The Bertz CT molecular complexity index is 1010. The van der Waals surface area contributed by atoms with Gasteiger partial charge in [-0.3, -0.25) is 4.79 Å². The quantitative estimate of drug-likeness (QED) is 0.830. The molecular weight excluding hydrogens is 380 g/mol. The van der Waals surface area contributed by atoms with Gasteiger partial charge in [-0.15, -0.1) is 0 Å². The fraction of sp³-hybridized carbons (Fsp3) is 0.350. The molecule has 2 aliphatic heterocycles. The zero-order valence-electron chi connectivity index (χ0n) is 15.6. The lowest BCUT2D eigenvalue weighted by molar-refractivity contribution is 0.0950. The average molecular weight is 402 g/mol. The number of nitrogens with one attached hydrogen (secondary N) is 1. The summed E-state index contributed by atoms with van der Waals surface area (Å²) >= 11 is 0. The van der Waals surface area contributed by atoms with Crippen LogP contribution >= 0.6 is 0 Å². The predicted molar refractivity (Wildman–Crippen MR) is 103 cm³/mol. The molecule has 2 aliphatic rings. The molecule has 7 nitrogen and oxygen atoms in total. The number of hydrogen-bond acceptors (Lipinski definition) is 5. The Morgan fingerprint density at radius 2 is 1.82 bits per heavy atom. The molecule has 0 saturated carbocycles. The van der Waals surface area contributed by atoms with Gasteiger partial charge < -0.3 is 14.8 Å². The first-order valence-corrected chi connectivity index (χ1v) is 10.7. The van der Waals surface area contributed by atoms with Gasteiger partial charge in [0.25, 0.3) is 5.91 Å². The summed E-state index contributed by atoms with van der Waals surface area (Å²) < 4.78 is 37.9. The van der Waals surface area contributed by atoms with Gasteiger partial charge in [-0.1, -0.05) is 12.1 Å². The molecule has 1 N–H and O–H groups in total. The van der Waals surface area contributed by atoms with Gasteiger partial charge in [0.1, 0.15) is 0 Å². The van der Waals surface area contributed by atoms with Crippen molar-refractivity contribution >= 4 is 15.9 Å². The number of sulfonamides is 1. The summed E-state index contributed by atoms with van der Waals surface area (Å²) in [5.41, 5.74) is 1.83. The lowest BCUT2D eigenvalue weighted by Gasteiger charge is -2.18. The van der Waals surface area contributed by atoms with E-state index >= 15 is 0 Å². The van der Waals surface area contributed by atoms with Crippen LogP contribution in [-0.4, -0.2) is 38.5 Å². The Balaban J connectivity index is 1.50. The molecule has 2 aromatic rings. The number of carbonyl (C=O) groups excluding carboxylic acids is 1. The second-order valence-corrected chi connectivity index (χ2v) is 8.87. The number of rotatable bonds is 5. The summed E-state index contributed by atoms with van der Waals surface area (Å²) in [5.74, 6) is 1.02. The number of benzene rings is 2. The van der Waals surface area contributed by atoms with Crippen molar-refractivity contribution < 1.29 is 22.7 Å². The summed E-state index contributed by atoms with van der Waals surface area (Å²) in [6.07, 6.45) is 1.74. The van der Waals surface area contributed by atoms with Crippen LogP contribution in [-0.2, 0) is 16.6 Å². The molecule has 0 unspecified atom stereocenters. The summed E-state index contributed by atoms with van der Waals surface area (Å²) in [6, 6.07) is 10.3. The fourth-order valence-corrected chi connectivity index (χ4v) is 5.19. The summed E-state index contributed by atoms with van der Waals surface area (Å²) in [5, 5.41) is 2.83. The lowest BCUT2D eigenvalue weighted by atomic mass is 10.1. The smallest absolute Gasteiger partial charge is 0.251 e. The SMILES string of the molecule is Cc1ccc(C(=O)NCc2ccc3c(c2)OCO3)cc1S(=O)(=O)N1CCCC1. The Hall–Kier alpha value is -2.58. The maximum Gasteiger partial charge on any atom is 0.251 e. The van der Waals surface area contributed by atoms with Crippen molar-refractivity contribution in [2.75, 3.05) is 19.9 Å². The van der Waals surface area contributed by atoms with E-state index in [1.165, 1.54) is 10.4 Å². The first-order chi connectivity index (χ1) is 13.4. The molecule has 0 radical (unpaired) electrons. The minimum atomic E-state index is -3.58. The van der Waals surface area contributed by atoms with Gasteiger partial charge in [0.2, 0.25) is 16.8 Å². The van der Waals surface area contributed by atoms with Crippen LogP contribution in [0.1, 0.15) is 34.3 Å². The first-order valence-electron chi connectivity index (χ1n) is 9.23. The Morgan fingerprint density at radius 3 is 2.61 bits per heavy atom. The second-order valence-electron chi connectivity index (χ2n) is 6.96. The molecule has 0 aromatic heterocycles. The number of amides is 1. The van der Waals surface area contributed by atoms with Crippen LogP contribution in [0.5, 0.6) is 11.5 Å². The molecular formula is C20H22N2O5S. The highest BCUT2D eigenvalue weighted by Gasteiger charge is 2.29. The minimum absolute atomic E-state index is 0.197. The molecule has 0 atom stereocenters. The third kappa shape index (κ3) is 3.57. The maximum absolute atomic E-state index is 12.9. The Labute approximate surface area is 164 Å². The fourth-order valence-electron chi connectivity index (χ4n) is 3.42. The van der Waals surface area contributed by atoms with Crippen molar-refractivity contribution in [3.05, 3.63) is 53.1 Å². The van der Waals surface area contributed by atoms with E-state index in [0.29, 0.717) is 42.3 Å². The molecule has 0 spiro atoms. The third-order valence-corrected chi connectivity index (χ3v) is 7.06. The van der Waals surface area contributed by atoms with E-state index in [0.717, 1.165) is 18.4 Å². The highest BCUT2D eigenvalue weighted by atomic mass is 32.2. The van der Waals surface area contributed by atoms with E-state index < -0.39 is 10.0 Å². The van der Waals surface area contributed by atoms with E-state index in [-0.39, 0.29) is 17.6 Å². The average Bonchev–Trinajstić information content (AvgIpc) is 3.37. The standard InChI is InChI=1S/C20H22N2O5S/c1-14-4-6-16(11-19(14)28(24,25)22-8-2-3-9-22)20(23)21-12-15-5-7-17-18(10-15)27-13-26-17/h4-7,10-11H,2-3,8-9,12-13H2,1H3,(H,21,23). The van der Waals surface area contributed by atoms with Crippen molar-refractivity contribution in [2.45, 2.75) is 31.2 Å². The van der Waals surface area contributed by atoms with Crippen LogP contribution in [0.3, 0.4) is 0 Å². The number of hydrogen-bond donors (Lipinski definition) is 1. The highest BCUT2D eigenvalue weighted by molar-refractivity contribution is 7.89. The summed E-state index contributed by atoms with van der Waals surface area (Å²) in [4.78, 5) is 12.8. The van der Waals surface area contributed by atoms with Crippen LogP contribution in [0.4, 0.5) is 0 Å². The molecule has 4 rings (SSSR count). The zero-order chi connectivity index (χ0) is 19.7. The van der Waals surface area contributed by atoms with Gasteiger partial charge in [0, 0.05) is 25.2 Å². The molecule has 148 valence electrons. The van der Waals surface area contributed by atoms with Gasteiger partial charge in [-0.25, -0.2) is 8.42 Å². The molecule has 0 bridgehead atoms. The monoisotopic (exact) mass is 402 g/mol. The van der Waals surface area contributed by atoms with E-state index in [4.69, 9.17) is 9.47 Å². The highest BCUT2D eigenvalue weighted by Crippen LogP contribution is 2.32. The molecule has 1 fully saturated rings. The van der Waals surface area contributed by atoms with Gasteiger partial charge >= 0.3 is 0 Å². The lowest BCUT2D eigenvalue weighted by Crippen LogP contribution is -2.29. The topological polar surface area (TPSA) is 84.9 Å². The summed E-state index contributed by atoms with van der Waals surface area (Å²) in [7, 11) is -3.58. The molecule has 1 saturated heterocycles. The summed E-state index contributed by atoms with van der Waals surface area (Å²) in [6.45, 7) is 3.31. The number of nitrogens with zero attached hydrogens (tertiary/aromatic N) is 1. The number of fused-ring (bicyclic) bond motifs is 1. The minimum Gasteiger partial charge on any atom is -0.454 e. The zero-order valence-corrected chi connectivity index (χ0v) is 16.4. The number of aryl methyl sites for hydroxylation is 1. The molecule has 2 heterocycles. The Morgan fingerprint density at radius 1 is 1.07 bits per heavy atom. The molecule has 2 aromatic carbocycles. The van der Waals surface area contributed by atoms with Gasteiger partial charge in [0.05, 0.1) is 4.90 Å². The normalized spacial score (nSPS) is 16.3. The van der Waals surface area contributed by atoms with E-state index in [2.05, 4.69) is 5.32 Å². The van der Waals surface area contributed by atoms with Crippen molar-refractivity contribution in [1.29, 1.82) is 0 Å². The van der Waals surface area contributed by atoms with Crippen LogP contribution in [0.15, 0.2) is 41.3 Å². The van der Waals surface area contributed by atoms with Crippen LogP contribution in [0.2, 0.25) is 0 Å². The largest absolute Gasteiger partial charge is 0.454 e. The number of ether oxygens (including phenoxy) is 2. The van der Waals surface area contributed by atoms with Gasteiger partial charge in [0.15, 0.2) is 11.5 Å². The van der Waals surface area contributed by atoms with Gasteiger partial charge in [-0.05, 0) is 55.2 Å². The van der Waals surface area contributed by atoms with Crippen LogP contribution < -0.4 is 14.8 Å². The van der Waals surface area contributed by atoms with Crippen molar-refractivity contribution in [1.82, 2.24) is 9.62 Å². The molecule has 1 amide bonds. The molecule has 28 heavy (non-hydrogen) atoms. The number of carbonyl (C=O) groups is 1. The van der Waals surface area contributed by atoms with Crippen molar-refractivity contribution in [3.8, 4) is 11.5 Å². The van der Waals surface area contributed by atoms with E-state index in [1.54, 1.807) is 25.1 Å². The molecule has 8 heteroatoms. The second kappa shape index (κ2) is 7.44. The van der Waals surface area contributed by atoms with Crippen LogP contribution in [0.25, 0.3) is 0 Å². The Kier molecular flexibility index (Phi) is 4.99. The van der Waals surface area contributed by atoms with Gasteiger partial charge in [-0.2, -0.15) is 4.31 Å². The van der Waals surface area contributed by atoms with Crippen molar-refractivity contribution in [2.24, 2.45) is 0 Å². The molecule has 0 aliphatic carbocycles. The van der Waals surface area contributed by atoms with Crippen LogP contribution in [0, 0.1) is 6.92 Å². The maximum atomic E-state index is 12.9.